The van der Waals surface area contributed by atoms with Crippen molar-refractivity contribution in [3.63, 3.8) is 0 Å². The van der Waals surface area contributed by atoms with Crippen molar-refractivity contribution in [2.45, 2.75) is 13.3 Å². The number of hydrogen-bond acceptors (Lipinski definition) is 4. The highest BCUT2D eigenvalue weighted by molar-refractivity contribution is 6.00. The molecule has 1 aromatic rings. The van der Waals surface area contributed by atoms with Gasteiger partial charge >= 0.3 is 0 Å². The average molecular weight is 219 g/mol. The van der Waals surface area contributed by atoms with Gasteiger partial charge in [-0.2, -0.15) is 5.26 Å². The van der Waals surface area contributed by atoms with Crippen LogP contribution in [0, 0.1) is 11.3 Å². The summed E-state index contributed by atoms with van der Waals surface area (Å²) in [7, 11) is 1.54. The Morgan fingerprint density at radius 3 is 2.81 bits per heavy atom. The number of nitriles is 1. The van der Waals surface area contributed by atoms with Gasteiger partial charge in [0.1, 0.15) is 11.5 Å². The predicted octanol–water partition coefficient (Wildman–Crippen LogP) is 2.19. The molecule has 0 atom stereocenters. The lowest BCUT2D eigenvalue weighted by atomic mass is 10.1. The molecule has 0 heterocycles. The first-order valence-corrected chi connectivity index (χ1v) is 4.94. The molecule has 0 aliphatic rings. The molecule has 1 aromatic carbocycles. The Bertz CT molecular complexity index is 421. The van der Waals surface area contributed by atoms with E-state index < -0.39 is 0 Å². The van der Waals surface area contributed by atoms with Gasteiger partial charge in [0.2, 0.25) is 0 Å². The van der Waals surface area contributed by atoms with Crippen molar-refractivity contribution in [3.8, 4) is 17.6 Å². The van der Waals surface area contributed by atoms with Crippen molar-refractivity contribution in [2.75, 3.05) is 13.7 Å². The van der Waals surface area contributed by atoms with Crippen LogP contribution in [-0.4, -0.2) is 19.5 Å². The van der Waals surface area contributed by atoms with Crippen LogP contribution in [0.3, 0.4) is 0 Å². The highest BCUT2D eigenvalue weighted by Gasteiger charge is 2.12. The third-order valence-electron chi connectivity index (χ3n) is 2.03. The Kier molecular flexibility index (Phi) is 4.34. The molecule has 1 rings (SSSR count). The van der Waals surface area contributed by atoms with Crippen molar-refractivity contribution in [3.05, 3.63) is 23.8 Å². The minimum absolute atomic E-state index is 0.146. The van der Waals surface area contributed by atoms with E-state index in [1.165, 1.54) is 0 Å². The van der Waals surface area contributed by atoms with Crippen LogP contribution in [0.2, 0.25) is 0 Å². The number of methoxy groups -OCH3 is 1. The van der Waals surface area contributed by atoms with Gasteiger partial charge in [-0.25, -0.2) is 0 Å². The first-order chi connectivity index (χ1) is 7.72. The zero-order valence-electron chi connectivity index (χ0n) is 9.32. The summed E-state index contributed by atoms with van der Waals surface area (Å²) in [4.78, 5) is 11.6. The van der Waals surface area contributed by atoms with E-state index >= 15 is 0 Å². The first kappa shape index (κ1) is 12.1. The third kappa shape index (κ3) is 2.74. The second-order valence-corrected chi connectivity index (χ2v) is 3.05. The van der Waals surface area contributed by atoms with Gasteiger partial charge in [-0.05, 0) is 19.1 Å². The number of Topliss-reactive ketones (excluding diaryl/α,β-unsaturated/α-hetero) is 1. The largest absolute Gasteiger partial charge is 0.497 e. The molecule has 0 radical (unpaired) electrons. The highest BCUT2D eigenvalue weighted by Crippen LogP contribution is 2.25. The monoisotopic (exact) mass is 219 g/mol. The summed E-state index contributed by atoms with van der Waals surface area (Å²) >= 11 is 0. The topological polar surface area (TPSA) is 59.3 Å². The Morgan fingerprint density at radius 2 is 2.25 bits per heavy atom. The minimum Gasteiger partial charge on any atom is -0.497 e. The number of nitrogens with zero attached hydrogens (tertiary/aromatic N) is 1. The van der Waals surface area contributed by atoms with E-state index in [2.05, 4.69) is 0 Å². The lowest BCUT2D eigenvalue weighted by molar-refractivity contribution is 0.0994. The molecule has 0 N–H and O–H groups in total. The molecule has 0 unspecified atom stereocenters. The number of carbonyl (C=O) groups excluding carboxylic acids is 1. The van der Waals surface area contributed by atoms with E-state index in [4.69, 9.17) is 14.7 Å². The summed E-state index contributed by atoms with van der Waals surface area (Å²) in [5, 5.41) is 8.48. The summed E-state index contributed by atoms with van der Waals surface area (Å²) in [5.41, 5.74) is 0.421. The molecular weight excluding hydrogens is 206 g/mol. The van der Waals surface area contributed by atoms with Crippen LogP contribution in [0.15, 0.2) is 18.2 Å². The SMILES string of the molecule is CCOc1cc(OC)ccc1C(=O)CC#N. The summed E-state index contributed by atoms with van der Waals surface area (Å²) < 4.78 is 10.4. The number of ether oxygens (including phenoxy) is 2. The van der Waals surface area contributed by atoms with Crippen LogP contribution in [-0.2, 0) is 0 Å². The molecule has 84 valence electrons. The Balaban J connectivity index is 3.07. The summed E-state index contributed by atoms with van der Waals surface area (Å²) in [6, 6.07) is 6.76. The summed E-state index contributed by atoms with van der Waals surface area (Å²) in [6.07, 6.45) is -0.146. The van der Waals surface area contributed by atoms with Crippen LogP contribution in [0.5, 0.6) is 11.5 Å². The van der Waals surface area contributed by atoms with Crippen LogP contribution >= 0.6 is 0 Å². The number of rotatable bonds is 5. The average Bonchev–Trinajstić information content (AvgIpc) is 2.29. The van der Waals surface area contributed by atoms with Gasteiger partial charge in [0.25, 0.3) is 0 Å². The number of carbonyl (C=O) groups is 1. The molecule has 0 saturated carbocycles. The fraction of sp³-hybridized carbons (Fsp3) is 0.333. The van der Waals surface area contributed by atoms with E-state index in [0.29, 0.717) is 23.7 Å². The Morgan fingerprint density at radius 1 is 1.50 bits per heavy atom. The fourth-order valence-electron chi connectivity index (χ4n) is 1.30. The van der Waals surface area contributed by atoms with E-state index in [0.717, 1.165) is 0 Å². The van der Waals surface area contributed by atoms with Crippen LogP contribution < -0.4 is 9.47 Å². The molecule has 0 aliphatic heterocycles. The molecule has 0 aliphatic carbocycles. The van der Waals surface area contributed by atoms with Crippen LogP contribution in [0.4, 0.5) is 0 Å². The van der Waals surface area contributed by atoms with E-state index in [1.54, 1.807) is 25.3 Å². The lowest BCUT2D eigenvalue weighted by Crippen LogP contribution is -2.03. The Hall–Kier alpha value is -2.02. The molecule has 16 heavy (non-hydrogen) atoms. The van der Waals surface area contributed by atoms with Gasteiger partial charge in [-0.1, -0.05) is 0 Å². The first-order valence-electron chi connectivity index (χ1n) is 4.94. The maximum Gasteiger partial charge on any atom is 0.180 e. The predicted molar refractivity (Wildman–Crippen MR) is 58.7 cm³/mol. The lowest BCUT2D eigenvalue weighted by Gasteiger charge is -2.09. The molecule has 0 amide bonds. The van der Waals surface area contributed by atoms with Crippen LogP contribution in [0.1, 0.15) is 23.7 Å². The molecular formula is C12H13NO3. The number of benzene rings is 1. The molecule has 0 spiro atoms. The van der Waals surface area contributed by atoms with Crippen molar-refractivity contribution >= 4 is 5.78 Å². The second-order valence-electron chi connectivity index (χ2n) is 3.05. The molecule has 0 saturated heterocycles. The summed E-state index contributed by atoms with van der Waals surface area (Å²) in [5.74, 6) is 0.840. The van der Waals surface area contributed by atoms with Gasteiger partial charge in [-0.3, -0.25) is 4.79 Å². The maximum absolute atomic E-state index is 11.6. The van der Waals surface area contributed by atoms with E-state index in [9.17, 15) is 4.79 Å². The van der Waals surface area contributed by atoms with Gasteiger partial charge in [0.05, 0.1) is 31.8 Å². The number of ketones is 1. The standard InChI is InChI=1S/C12H13NO3/c1-3-16-12-8-9(15-2)4-5-10(12)11(14)6-7-13/h4-5,8H,3,6H2,1-2H3. The van der Waals surface area contributed by atoms with E-state index in [-0.39, 0.29) is 12.2 Å². The maximum atomic E-state index is 11.6. The highest BCUT2D eigenvalue weighted by atomic mass is 16.5. The smallest absolute Gasteiger partial charge is 0.180 e. The van der Waals surface area contributed by atoms with Gasteiger partial charge in [-0.15, -0.1) is 0 Å². The Labute approximate surface area is 94.4 Å². The molecule has 4 nitrogen and oxygen atoms in total. The normalized spacial score (nSPS) is 9.31. The van der Waals surface area contributed by atoms with Crippen molar-refractivity contribution < 1.29 is 14.3 Å². The molecule has 4 heteroatoms. The van der Waals surface area contributed by atoms with E-state index in [1.807, 2.05) is 13.0 Å². The van der Waals surface area contributed by atoms with Crippen molar-refractivity contribution in [2.24, 2.45) is 0 Å². The van der Waals surface area contributed by atoms with Crippen molar-refractivity contribution in [1.29, 1.82) is 5.26 Å². The zero-order chi connectivity index (χ0) is 12.0. The zero-order valence-corrected chi connectivity index (χ0v) is 9.32. The van der Waals surface area contributed by atoms with Gasteiger partial charge in [0, 0.05) is 6.07 Å². The van der Waals surface area contributed by atoms with Crippen LogP contribution in [0.25, 0.3) is 0 Å². The second kappa shape index (κ2) is 5.76. The summed E-state index contributed by atoms with van der Waals surface area (Å²) in [6.45, 7) is 2.29. The molecule has 0 bridgehead atoms. The third-order valence-corrected chi connectivity index (χ3v) is 2.03. The molecule has 0 aromatic heterocycles. The van der Waals surface area contributed by atoms with Crippen molar-refractivity contribution in [1.82, 2.24) is 0 Å². The van der Waals surface area contributed by atoms with Gasteiger partial charge < -0.3 is 9.47 Å². The number of hydrogen-bond donors (Lipinski definition) is 0. The fourth-order valence-corrected chi connectivity index (χ4v) is 1.30. The molecule has 0 fully saturated rings. The quantitative estimate of drug-likeness (QED) is 0.712. The minimum atomic E-state index is -0.242. The van der Waals surface area contributed by atoms with Gasteiger partial charge in [0.15, 0.2) is 5.78 Å².